The average Bonchev–Trinajstić information content (AvgIpc) is 2.56. The monoisotopic (exact) mass is 331 g/mol. The second-order valence-corrected chi connectivity index (χ2v) is 6.47. The van der Waals surface area contributed by atoms with Crippen molar-refractivity contribution in [2.75, 3.05) is 32.1 Å². The quantitative estimate of drug-likeness (QED) is 0.604. The van der Waals surface area contributed by atoms with Crippen LogP contribution in [-0.2, 0) is 0 Å². The van der Waals surface area contributed by atoms with Gasteiger partial charge in [-0.1, -0.05) is 62.4 Å². The molecule has 2 aromatic rings. The molecule has 124 valence electrons. The van der Waals surface area contributed by atoms with Crippen LogP contribution >= 0.6 is 11.6 Å². The molecule has 0 aliphatic carbocycles. The maximum Gasteiger partial charge on any atom is 0.127 e. The van der Waals surface area contributed by atoms with Crippen LogP contribution < -0.4 is 4.74 Å². The van der Waals surface area contributed by atoms with E-state index < -0.39 is 0 Å². The molecule has 0 saturated heterocycles. The molecular weight excluding hydrogens is 306 g/mol. The van der Waals surface area contributed by atoms with Crippen molar-refractivity contribution in [1.29, 1.82) is 0 Å². The molecular formula is C20H26ClNO. The van der Waals surface area contributed by atoms with Crippen LogP contribution in [0.3, 0.4) is 0 Å². The third-order valence-electron chi connectivity index (χ3n) is 3.66. The van der Waals surface area contributed by atoms with Crippen LogP contribution in [0.15, 0.2) is 54.6 Å². The molecule has 23 heavy (non-hydrogen) atoms. The lowest BCUT2D eigenvalue weighted by molar-refractivity contribution is 0.201. The second-order valence-electron chi connectivity index (χ2n) is 6.09. The van der Waals surface area contributed by atoms with Gasteiger partial charge in [-0.15, -0.1) is 11.6 Å². The summed E-state index contributed by atoms with van der Waals surface area (Å²) < 4.78 is 6.07. The molecule has 3 heteroatoms. The minimum Gasteiger partial charge on any atom is -0.492 e. The van der Waals surface area contributed by atoms with Gasteiger partial charge in [-0.2, -0.15) is 0 Å². The third kappa shape index (κ3) is 5.89. The summed E-state index contributed by atoms with van der Waals surface area (Å²) in [5, 5.41) is 0. The largest absolute Gasteiger partial charge is 0.492 e. The predicted molar refractivity (Wildman–Crippen MR) is 99.4 cm³/mol. The Morgan fingerprint density at radius 2 is 1.65 bits per heavy atom. The Morgan fingerprint density at radius 3 is 2.35 bits per heavy atom. The Balaban J connectivity index is 1.98. The second kappa shape index (κ2) is 9.59. The standard InChI is InChI=1S/C20H26ClNO/c1-17(2)16-22(13-12-21)14-15-23-20-11-7-6-10-19(20)18-8-4-3-5-9-18/h3-11,17H,12-16H2,1-2H3. The summed E-state index contributed by atoms with van der Waals surface area (Å²) in [7, 11) is 0. The molecule has 0 fully saturated rings. The highest BCUT2D eigenvalue weighted by Gasteiger charge is 2.09. The van der Waals surface area contributed by atoms with Crippen LogP contribution in [0.2, 0.25) is 0 Å². The number of hydrogen-bond donors (Lipinski definition) is 0. The lowest BCUT2D eigenvalue weighted by Gasteiger charge is -2.23. The van der Waals surface area contributed by atoms with Gasteiger partial charge in [0.15, 0.2) is 0 Å². The molecule has 0 heterocycles. The van der Waals surface area contributed by atoms with Crippen LogP contribution in [0.4, 0.5) is 0 Å². The van der Waals surface area contributed by atoms with E-state index >= 15 is 0 Å². The van der Waals surface area contributed by atoms with E-state index in [1.165, 1.54) is 5.56 Å². The number of para-hydroxylation sites is 1. The Labute approximate surface area is 145 Å². The zero-order valence-corrected chi connectivity index (χ0v) is 14.8. The van der Waals surface area contributed by atoms with Gasteiger partial charge in [0.2, 0.25) is 0 Å². The summed E-state index contributed by atoms with van der Waals surface area (Å²) >= 11 is 5.90. The molecule has 0 aromatic heterocycles. The molecule has 0 saturated carbocycles. The van der Waals surface area contributed by atoms with Gasteiger partial charge in [-0.3, -0.25) is 4.90 Å². The first-order valence-corrected chi connectivity index (χ1v) is 8.79. The van der Waals surface area contributed by atoms with Gasteiger partial charge in [0.25, 0.3) is 0 Å². The van der Waals surface area contributed by atoms with E-state index in [0.29, 0.717) is 18.4 Å². The molecule has 0 aliphatic heterocycles. The van der Waals surface area contributed by atoms with Crippen LogP contribution in [0.25, 0.3) is 11.1 Å². The number of nitrogens with zero attached hydrogens (tertiary/aromatic N) is 1. The van der Waals surface area contributed by atoms with Crippen LogP contribution in [0.1, 0.15) is 13.8 Å². The minimum atomic E-state index is 0.634. The van der Waals surface area contributed by atoms with E-state index in [-0.39, 0.29) is 0 Å². The van der Waals surface area contributed by atoms with E-state index in [9.17, 15) is 0 Å². The fourth-order valence-electron chi connectivity index (χ4n) is 2.66. The first kappa shape index (κ1) is 17.8. The van der Waals surface area contributed by atoms with Gasteiger partial charge in [0.1, 0.15) is 12.4 Å². The van der Waals surface area contributed by atoms with Crippen molar-refractivity contribution in [1.82, 2.24) is 4.90 Å². The zero-order chi connectivity index (χ0) is 16.5. The number of rotatable bonds is 9. The average molecular weight is 332 g/mol. The molecule has 0 spiro atoms. The molecule has 0 bridgehead atoms. The summed E-state index contributed by atoms with van der Waals surface area (Å²) in [5.41, 5.74) is 2.32. The van der Waals surface area contributed by atoms with Crippen molar-refractivity contribution in [3.63, 3.8) is 0 Å². The van der Waals surface area contributed by atoms with Crippen molar-refractivity contribution >= 4 is 11.6 Å². The van der Waals surface area contributed by atoms with E-state index in [1.54, 1.807) is 0 Å². The summed E-state index contributed by atoms with van der Waals surface area (Å²) in [4.78, 5) is 2.36. The first-order valence-electron chi connectivity index (χ1n) is 8.26. The number of alkyl halides is 1. The van der Waals surface area contributed by atoms with E-state index in [4.69, 9.17) is 16.3 Å². The number of hydrogen-bond acceptors (Lipinski definition) is 2. The van der Waals surface area contributed by atoms with Gasteiger partial charge in [0.05, 0.1) is 0 Å². The molecule has 0 radical (unpaired) electrons. The van der Waals surface area contributed by atoms with Gasteiger partial charge in [0, 0.05) is 31.1 Å². The molecule has 0 amide bonds. The first-order chi connectivity index (χ1) is 11.2. The molecule has 0 unspecified atom stereocenters. The van der Waals surface area contributed by atoms with E-state index in [1.807, 2.05) is 24.3 Å². The SMILES string of the molecule is CC(C)CN(CCCl)CCOc1ccccc1-c1ccccc1. The van der Waals surface area contributed by atoms with Crippen molar-refractivity contribution in [2.24, 2.45) is 5.92 Å². The van der Waals surface area contributed by atoms with Crippen molar-refractivity contribution in [3.05, 3.63) is 54.6 Å². The molecule has 0 atom stereocenters. The van der Waals surface area contributed by atoms with Gasteiger partial charge in [-0.25, -0.2) is 0 Å². The zero-order valence-electron chi connectivity index (χ0n) is 14.0. The maximum atomic E-state index is 6.07. The third-order valence-corrected chi connectivity index (χ3v) is 3.83. The summed E-state index contributed by atoms with van der Waals surface area (Å²) in [6.45, 7) is 7.99. The number of ether oxygens (including phenoxy) is 1. The maximum absolute atomic E-state index is 6.07. The topological polar surface area (TPSA) is 12.5 Å². The van der Waals surface area contributed by atoms with E-state index in [2.05, 4.69) is 49.1 Å². The Hall–Kier alpha value is -1.51. The Morgan fingerprint density at radius 1 is 0.957 bits per heavy atom. The number of halogens is 1. The highest BCUT2D eigenvalue weighted by atomic mass is 35.5. The normalized spacial score (nSPS) is 11.2. The molecule has 0 aliphatic rings. The van der Waals surface area contributed by atoms with Crippen molar-refractivity contribution in [3.8, 4) is 16.9 Å². The van der Waals surface area contributed by atoms with Crippen LogP contribution in [0, 0.1) is 5.92 Å². The van der Waals surface area contributed by atoms with Crippen molar-refractivity contribution < 1.29 is 4.74 Å². The lowest BCUT2D eigenvalue weighted by atomic mass is 10.1. The fraction of sp³-hybridized carbons (Fsp3) is 0.400. The fourth-order valence-corrected chi connectivity index (χ4v) is 2.90. The molecule has 2 aromatic carbocycles. The summed E-state index contributed by atoms with van der Waals surface area (Å²) in [6, 6.07) is 18.6. The van der Waals surface area contributed by atoms with Crippen LogP contribution in [0.5, 0.6) is 5.75 Å². The molecule has 2 nitrogen and oxygen atoms in total. The van der Waals surface area contributed by atoms with Gasteiger partial charge in [-0.05, 0) is 17.5 Å². The smallest absolute Gasteiger partial charge is 0.127 e. The predicted octanol–water partition coefficient (Wildman–Crippen LogP) is 4.93. The van der Waals surface area contributed by atoms with Crippen molar-refractivity contribution in [2.45, 2.75) is 13.8 Å². The lowest BCUT2D eigenvalue weighted by Crippen LogP contribution is -2.33. The molecule has 0 N–H and O–H groups in total. The van der Waals surface area contributed by atoms with Crippen LogP contribution in [-0.4, -0.2) is 37.0 Å². The van der Waals surface area contributed by atoms with E-state index in [0.717, 1.165) is 30.9 Å². The number of benzene rings is 2. The minimum absolute atomic E-state index is 0.634. The molecule has 2 rings (SSSR count). The Kier molecular flexibility index (Phi) is 7.44. The van der Waals surface area contributed by atoms with Gasteiger partial charge < -0.3 is 4.74 Å². The van der Waals surface area contributed by atoms with Gasteiger partial charge >= 0.3 is 0 Å². The summed E-state index contributed by atoms with van der Waals surface area (Å²) in [6.07, 6.45) is 0. The highest BCUT2D eigenvalue weighted by Crippen LogP contribution is 2.29. The Bertz CT molecular complexity index is 571. The summed E-state index contributed by atoms with van der Waals surface area (Å²) in [5.74, 6) is 2.23. The highest BCUT2D eigenvalue weighted by molar-refractivity contribution is 6.18.